The summed E-state index contributed by atoms with van der Waals surface area (Å²) in [7, 11) is 1.66. The van der Waals surface area contributed by atoms with E-state index in [-0.39, 0.29) is 43.3 Å². The van der Waals surface area contributed by atoms with E-state index in [1.165, 1.54) is 11.0 Å². The molecule has 9 heteroatoms. The molecule has 140 valence electrons. The summed E-state index contributed by atoms with van der Waals surface area (Å²) in [4.78, 5) is 14.0. The number of hydrogen-bond donors (Lipinski definition) is 1. The lowest BCUT2D eigenvalue weighted by Crippen LogP contribution is -2.41. The lowest BCUT2D eigenvalue weighted by atomic mass is 9.98. The van der Waals surface area contributed by atoms with Gasteiger partial charge in [0.2, 0.25) is 12.7 Å². The van der Waals surface area contributed by atoms with E-state index in [9.17, 15) is 13.6 Å². The minimum absolute atomic E-state index is 0. The van der Waals surface area contributed by atoms with E-state index in [1.54, 1.807) is 13.1 Å². The van der Waals surface area contributed by atoms with Crippen LogP contribution >= 0.6 is 12.4 Å². The van der Waals surface area contributed by atoms with Crippen LogP contribution in [-0.2, 0) is 11.3 Å². The van der Waals surface area contributed by atoms with Crippen LogP contribution in [0.3, 0.4) is 0 Å². The van der Waals surface area contributed by atoms with E-state index in [0.717, 1.165) is 19.4 Å². The minimum atomic E-state index is -2.95. The zero-order valence-electron chi connectivity index (χ0n) is 13.8. The molecule has 0 saturated carbocycles. The van der Waals surface area contributed by atoms with Gasteiger partial charge in [-0.3, -0.25) is 4.79 Å². The van der Waals surface area contributed by atoms with Gasteiger partial charge < -0.3 is 24.4 Å². The molecule has 2 heterocycles. The molecular weight excluding hydrogens is 358 g/mol. The van der Waals surface area contributed by atoms with Crippen LogP contribution in [0.25, 0.3) is 0 Å². The maximum absolute atomic E-state index is 12.7. The van der Waals surface area contributed by atoms with Crippen molar-refractivity contribution in [2.24, 2.45) is 5.92 Å². The van der Waals surface area contributed by atoms with Gasteiger partial charge in [0, 0.05) is 31.8 Å². The first-order valence-corrected chi connectivity index (χ1v) is 7.87. The maximum Gasteiger partial charge on any atom is 0.387 e. The number of nitrogens with zero attached hydrogens (tertiary/aromatic N) is 1. The highest BCUT2D eigenvalue weighted by atomic mass is 35.5. The Hall–Kier alpha value is -1.80. The van der Waals surface area contributed by atoms with Gasteiger partial charge in [-0.15, -0.1) is 12.4 Å². The van der Waals surface area contributed by atoms with Gasteiger partial charge in [0.15, 0.2) is 11.5 Å². The number of hydrogen-bond acceptors (Lipinski definition) is 5. The first-order chi connectivity index (χ1) is 11.5. The zero-order valence-corrected chi connectivity index (χ0v) is 14.6. The molecular formula is C16H21ClF2N2O4. The van der Waals surface area contributed by atoms with Crippen molar-refractivity contribution in [1.82, 2.24) is 10.2 Å². The van der Waals surface area contributed by atoms with Gasteiger partial charge in [0.25, 0.3) is 0 Å². The summed E-state index contributed by atoms with van der Waals surface area (Å²) in [5.41, 5.74) is 0.458. The van der Waals surface area contributed by atoms with Gasteiger partial charge in [0.05, 0.1) is 5.92 Å². The third-order valence-corrected chi connectivity index (χ3v) is 4.20. The van der Waals surface area contributed by atoms with Crippen molar-refractivity contribution in [3.05, 3.63) is 17.7 Å². The van der Waals surface area contributed by atoms with Crippen LogP contribution in [0.15, 0.2) is 12.1 Å². The molecule has 1 unspecified atom stereocenters. The Morgan fingerprint density at radius 3 is 2.76 bits per heavy atom. The van der Waals surface area contributed by atoms with Crippen molar-refractivity contribution in [2.45, 2.75) is 26.0 Å². The molecule has 1 aromatic rings. The number of piperidine rings is 1. The SMILES string of the molecule is CN(Cc1cc2c(cc1OC(F)F)OCO2)C(=O)C1CCCNC1.Cl. The van der Waals surface area contributed by atoms with E-state index in [1.807, 2.05) is 0 Å². The van der Waals surface area contributed by atoms with Crippen molar-refractivity contribution in [1.29, 1.82) is 0 Å². The zero-order chi connectivity index (χ0) is 17.1. The molecule has 0 aromatic heterocycles. The number of halogens is 3. The van der Waals surface area contributed by atoms with Crippen LogP contribution in [0.2, 0.25) is 0 Å². The first-order valence-electron chi connectivity index (χ1n) is 7.87. The number of fused-ring (bicyclic) bond motifs is 1. The van der Waals surface area contributed by atoms with E-state index < -0.39 is 6.61 Å². The number of carbonyl (C=O) groups excluding carboxylic acids is 1. The molecule has 2 aliphatic rings. The summed E-state index contributed by atoms with van der Waals surface area (Å²) in [5, 5.41) is 3.20. The average molecular weight is 379 g/mol. The Morgan fingerprint density at radius 2 is 2.12 bits per heavy atom. The molecule has 1 amide bonds. The quantitative estimate of drug-likeness (QED) is 0.852. The van der Waals surface area contributed by atoms with E-state index in [2.05, 4.69) is 10.1 Å². The number of alkyl halides is 2. The second-order valence-electron chi connectivity index (χ2n) is 5.93. The molecule has 0 spiro atoms. The highest BCUT2D eigenvalue weighted by Gasteiger charge is 2.26. The van der Waals surface area contributed by atoms with E-state index >= 15 is 0 Å². The second kappa shape index (κ2) is 8.53. The normalized spacial score (nSPS) is 18.6. The molecule has 6 nitrogen and oxygen atoms in total. The van der Waals surface area contributed by atoms with Gasteiger partial charge in [-0.2, -0.15) is 8.78 Å². The Labute approximate surface area is 150 Å². The van der Waals surface area contributed by atoms with Crippen molar-refractivity contribution >= 4 is 18.3 Å². The van der Waals surface area contributed by atoms with Crippen molar-refractivity contribution in [3.63, 3.8) is 0 Å². The fourth-order valence-corrected chi connectivity index (χ4v) is 3.00. The fourth-order valence-electron chi connectivity index (χ4n) is 3.00. The Balaban J connectivity index is 0.00000225. The summed E-state index contributed by atoms with van der Waals surface area (Å²) in [6, 6.07) is 2.97. The molecule has 1 atom stereocenters. The predicted octanol–water partition coefficient (Wildman–Crippen LogP) is 2.40. The molecule has 1 aromatic carbocycles. The largest absolute Gasteiger partial charge is 0.454 e. The summed E-state index contributed by atoms with van der Waals surface area (Å²) in [6.07, 6.45) is 1.78. The number of ether oxygens (including phenoxy) is 3. The lowest BCUT2D eigenvalue weighted by Gasteiger charge is -2.27. The van der Waals surface area contributed by atoms with Crippen LogP contribution < -0.4 is 19.5 Å². The molecule has 1 N–H and O–H groups in total. The summed E-state index contributed by atoms with van der Waals surface area (Å²) < 4.78 is 40.4. The topological polar surface area (TPSA) is 60.0 Å². The van der Waals surface area contributed by atoms with Crippen molar-refractivity contribution in [3.8, 4) is 17.2 Å². The van der Waals surface area contributed by atoms with E-state index in [0.29, 0.717) is 23.6 Å². The Bertz CT molecular complexity index is 612. The number of amides is 1. The number of nitrogens with one attached hydrogen (secondary N) is 1. The van der Waals surface area contributed by atoms with Gasteiger partial charge in [-0.1, -0.05) is 0 Å². The molecule has 0 radical (unpaired) electrons. The van der Waals surface area contributed by atoms with Crippen molar-refractivity contribution in [2.75, 3.05) is 26.9 Å². The van der Waals surface area contributed by atoms with E-state index in [4.69, 9.17) is 9.47 Å². The average Bonchev–Trinajstić information content (AvgIpc) is 3.01. The number of carbonyl (C=O) groups is 1. The standard InChI is InChI=1S/C16H20F2N2O4.ClH/c1-20(15(21)10-3-2-4-19-7-10)8-11-5-13-14(23-9-22-13)6-12(11)24-16(17)18;/h5-6,10,16,19H,2-4,7-9H2,1H3;1H. The minimum Gasteiger partial charge on any atom is -0.454 e. The number of rotatable bonds is 5. The highest BCUT2D eigenvalue weighted by molar-refractivity contribution is 5.85. The van der Waals surface area contributed by atoms with Crippen LogP contribution in [0.4, 0.5) is 8.78 Å². The van der Waals surface area contributed by atoms with Crippen LogP contribution in [0.5, 0.6) is 17.2 Å². The first kappa shape index (κ1) is 19.5. The molecule has 1 fully saturated rings. The van der Waals surface area contributed by atoms with Crippen LogP contribution in [-0.4, -0.2) is 44.3 Å². The molecule has 25 heavy (non-hydrogen) atoms. The fraction of sp³-hybridized carbons (Fsp3) is 0.562. The molecule has 0 bridgehead atoms. The monoisotopic (exact) mass is 378 g/mol. The van der Waals surface area contributed by atoms with Gasteiger partial charge in [0.1, 0.15) is 5.75 Å². The van der Waals surface area contributed by atoms with Gasteiger partial charge >= 0.3 is 6.61 Å². The second-order valence-corrected chi connectivity index (χ2v) is 5.93. The van der Waals surface area contributed by atoms with Crippen LogP contribution in [0.1, 0.15) is 18.4 Å². The van der Waals surface area contributed by atoms with Gasteiger partial charge in [-0.05, 0) is 25.5 Å². The summed E-state index contributed by atoms with van der Waals surface area (Å²) >= 11 is 0. The van der Waals surface area contributed by atoms with Gasteiger partial charge in [-0.25, -0.2) is 0 Å². The Morgan fingerprint density at radius 1 is 1.40 bits per heavy atom. The molecule has 0 aliphatic carbocycles. The maximum atomic E-state index is 12.7. The predicted molar refractivity (Wildman–Crippen MR) is 88.5 cm³/mol. The molecule has 3 rings (SSSR count). The summed E-state index contributed by atoms with van der Waals surface area (Å²) in [6.45, 7) is -1.19. The van der Waals surface area contributed by atoms with Crippen LogP contribution in [0, 0.1) is 5.92 Å². The third kappa shape index (κ3) is 4.64. The number of benzene rings is 1. The molecule has 2 aliphatic heterocycles. The lowest BCUT2D eigenvalue weighted by molar-refractivity contribution is -0.135. The van der Waals surface area contributed by atoms with Crippen molar-refractivity contribution < 1.29 is 27.8 Å². The third-order valence-electron chi connectivity index (χ3n) is 4.20. The Kier molecular flexibility index (Phi) is 6.66. The summed E-state index contributed by atoms with van der Waals surface area (Å²) in [5.74, 6) is 0.724. The molecule has 1 saturated heterocycles. The highest BCUT2D eigenvalue weighted by Crippen LogP contribution is 2.39. The smallest absolute Gasteiger partial charge is 0.387 e.